The summed E-state index contributed by atoms with van der Waals surface area (Å²) in [5, 5.41) is 10.6. The lowest BCUT2D eigenvalue weighted by Crippen LogP contribution is -2.26. The molecule has 1 aromatic heterocycles. The van der Waals surface area contributed by atoms with E-state index in [4.69, 9.17) is 14.2 Å². The number of hydrogen-bond acceptors (Lipinski definition) is 8. The first-order valence-electron chi connectivity index (χ1n) is 10.3. The summed E-state index contributed by atoms with van der Waals surface area (Å²) >= 11 is 0. The molecule has 0 aliphatic rings. The molecule has 0 fully saturated rings. The number of nitrogens with one attached hydrogen (secondary N) is 1. The van der Waals surface area contributed by atoms with Crippen molar-refractivity contribution in [3.05, 3.63) is 88.5 Å². The van der Waals surface area contributed by atoms with Gasteiger partial charge in [0.15, 0.2) is 24.8 Å². The smallest absolute Gasteiger partial charge is 0.340 e. The van der Waals surface area contributed by atoms with Crippen LogP contribution in [0.1, 0.15) is 10.4 Å². The normalized spacial score (nSPS) is 10.6. The summed E-state index contributed by atoms with van der Waals surface area (Å²) in [5.74, 6) is -1.21. The van der Waals surface area contributed by atoms with Crippen molar-refractivity contribution in [2.75, 3.05) is 19.0 Å². The molecule has 0 unspecified atom stereocenters. The number of ether oxygens (including phenoxy) is 3. The second kappa shape index (κ2) is 10.4. The van der Waals surface area contributed by atoms with Gasteiger partial charge < -0.3 is 19.5 Å². The van der Waals surface area contributed by atoms with Crippen molar-refractivity contribution in [1.82, 2.24) is 15.0 Å². The molecular formula is C24H19FN4O6. The first-order chi connectivity index (χ1) is 16.9. The predicted molar refractivity (Wildman–Crippen MR) is 123 cm³/mol. The van der Waals surface area contributed by atoms with Crippen molar-refractivity contribution in [3.63, 3.8) is 0 Å². The van der Waals surface area contributed by atoms with Crippen LogP contribution in [0.25, 0.3) is 10.9 Å². The summed E-state index contributed by atoms with van der Waals surface area (Å²) in [6.45, 7) is -0.777. The first kappa shape index (κ1) is 23.4. The van der Waals surface area contributed by atoms with Crippen LogP contribution in [0.15, 0.2) is 71.5 Å². The van der Waals surface area contributed by atoms with Crippen molar-refractivity contribution in [3.8, 4) is 11.5 Å². The largest absolute Gasteiger partial charge is 0.493 e. The maximum absolute atomic E-state index is 13.0. The molecule has 0 atom stereocenters. The maximum Gasteiger partial charge on any atom is 0.340 e. The van der Waals surface area contributed by atoms with Gasteiger partial charge in [-0.1, -0.05) is 17.3 Å². The minimum atomic E-state index is -0.731. The number of esters is 1. The van der Waals surface area contributed by atoms with Gasteiger partial charge in [-0.2, -0.15) is 4.68 Å². The molecule has 10 nitrogen and oxygen atoms in total. The molecule has 4 rings (SSSR count). The summed E-state index contributed by atoms with van der Waals surface area (Å²) < 4.78 is 29.8. The highest BCUT2D eigenvalue weighted by Gasteiger charge is 2.15. The van der Waals surface area contributed by atoms with E-state index in [0.717, 1.165) is 4.68 Å². The third kappa shape index (κ3) is 5.58. The Morgan fingerprint density at radius 2 is 1.80 bits per heavy atom. The molecule has 0 spiro atoms. The van der Waals surface area contributed by atoms with Crippen molar-refractivity contribution < 1.29 is 28.2 Å². The highest BCUT2D eigenvalue weighted by molar-refractivity contribution is 5.92. The predicted octanol–water partition coefficient (Wildman–Crippen LogP) is 2.77. The highest BCUT2D eigenvalue weighted by Crippen LogP contribution is 2.28. The van der Waals surface area contributed by atoms with Gasteiger partial charge in [0, 0.05) is 5.69 Å². The van der Waals surface area contributed by atoms with Crippen molar-refractivity contribution in [2.45, 2.75) is 6.73 Å². The van der Waals surface area contributed by atoms with Crippen LogP contribution in [0, 0.1) is 5.82 Å². The number of rotatable bonds is 8. The number of aromatic nitrogens is 3. The second-order valence-corrected chi connectivity index (χ2v) is 7.18. The molecule has 0 saturated heterocycles. The van der Waals surface area contributed by atoms with E-state index in [9.17, 15) is 18.8 Å². The van der Waals surface area contributed by atoms with Crippen LogP contribution in [0.4, 0.5) is 10.1 Å². The second-order valence-electron chi connectivity index (χ2n) is 7.18. The van der Waals surface area contributed by atoms with E-state index in [-0.39, 0.29) is 23.7 Å². The summed E-state index contributed by atoms with van der Waals surface area (Å²) in [7, 11) is 1.38. The Kier molecular flexibility index (Phi) is 6.96. The van der Waals surface area contributed by atoms with E-state index in [0.29, 0.717) is 16.6 Å². The number of hydrogen-bond donors (Lipinski definition) is 1. The van der Waals surface area contributed by atoms with Crippen LogP contribution >= 0.6 is 0 Å². The molecule has 3 aromatic carbocycles. The fourth-order valence-electron chi connectivity index (χ4n) is 3.10. The lowest BCUT2D eigenvalue weighted by molar-refractivity contribution is -0.118. The van der Waals surface area contributed by atoms with Crippen LogP contribution < -0.4 is 20.3 Å². The summed E-state index contributed by atoms with van der Waals surface area (Å²) in [4.78, 5) is 37.0. The quantitative estimate of drug-likeness (QED) is 0.384. The van der Waals surface area contributed by atoms with Gasteiger partial charge in [0.1, 0.15) is 11.3 Å². The van der Waals surface area contributed by atoms with E-state index in [1.165, 1.54) is 49.6 Å². The Morgan fingerprint density at radius 3 is 2.57 bits per heavy atom. The third-order valence-corrected chi connectivity index (χ3v) is 4.83. The Bertz CT molecular complexity index is 1440. The molecule has 0 aliphatic heterocycles. The topological polar surface area (TPSA) is 122 Å². The van der Waals surface area contributed by atoms with Gasteiger partial charge in [-0.05, 0) is 54.6 Å². The lowest BCUT2D eigenvalue weighted by Gasteiger charge is -2.12. The zero-order chi connectivity index (χ0) is 24.8. The van der Waals surface area contributed by atoms with Crippen LogP contribution in [0.5, 0.6) is 11.5 Å². The molecule has 1 heterocycles. The van der Waals surface area contributed by atoms with Gasteiger partial charge in [0.2, 0.25) is 0 Å². The minimum Gasteiger partial charge on any atom is -0.493 e. The molecular weight excluding hydrogens is 459 g/mol. The van der Waals surface area contributed by atoms with Crippen LogP contribution in [-0.2, 0) is 16.3 Å². The minimum absolute atomic E-state index is 0.131. The average Bonchev–Trinajstić information content (AvgIpc) is 2.88. The molecule has 0 radical (unpaired) electrons. The van der Waals surface area contributed by atoms with Gasteiger partial charge >= 0.3 is 5.97 Å². The maximum atomic E-state index is 13.0. The number of anilines is 1. The van der Waals surface area contributed by atoms with E-state index in [1.807, 2.05) is 0 Å². The zero-order valence-corrected chi connectivity index (χ0v) is 18.4. The lowest BCUT2D eigenvalue weighted by atomic mass is 10.2. The van der Waals surface area contributed by atoms with Crippen molar-refractivity contribution in [2.24, 2.45) is 0 Å². The zero-order valence-electron chi connectivity index (χ0n) is 18.4. The van der Waals surface area contributed by atoms with Crippen molar-refractivity contribution >= 4 is 28.5 Å². The van der Waals surface area contributed by atoms with Gasteiger partial charge in [-0.25, -0.2) is 9.18 Å². The van der Waals surface area contributed by atoms with E-state index in [1.54, 1.807) is 24.3 Å². The van der Waals surface area contributed by atoms with Gasteiger partial charge in [-0.15, -0.1) is 5.10 Å². The number of methoxy groups -OCH3 is 1. The Labute approximate surface area is 197 Å². The number of nitrogens with zero attached hydrogens (tertiary/aromatic N) is 3. The van der Waals surface area contributed by atoms with Crippen LogP contribution in [0.3, 0.4) is 0 Å². The molecule has 0 aliphatic carbocycles. The number of fused-ring (bicyclic) bond motifs is 1. The third-order valence-electron chi connectivity index (χ3n) is 4.83. The van der Waals surface area contributed by atoms with Gasteiger partial charge in [0.05, 0.1) is 18.1 Å². The summed E-state index contributed by atoms with van der Waals surface area (Å²) in [6.07, 6.45) is 0. The first-order valence-corrected chi connectivity index (χ1v) is 10.3. The number of halogens is 1. The average molecular weight is 478 g/mol. The number of carbonyl (C=O) groups is 2. The molecule has 0 bridgehead atoms. The SMILES string of the molecule is COc1cc(C(=O)OCn2nnc3ccccc3c2=O)ccc1OCC(=O)Nc1ccc(F)cc1. The monoisotopic (exact) mass is 478 g/mol. The molecule has 1 amide bonds. The van der Waals surface area contributed by atoms with Gasteiger partial charge in [0.25, 0.3) is 11.5 Å². The summed E-state index contributed by atoms with van der Waals surface area (Å²) in [6, 6.07) is 16.2. The van der Waals surface area contributed by atoms with Crippen LogP contribution in [0.2, 0.25) is 0 Å². The molecule has 4 aromatic rings. The highest BCUT2D eigenvalue weighted by atomic mass is 19.1. The standard InChI is InChI=1S/C24H19FN4O6/c1-33-21-12-15(6-11-20(21)34-13-22(30)26-17-9-7-16(25)8-10-17)24(32)35-14-29-23(31)18-4-2-3-5-19(18)27-28-29/h2-12H,13-14H2,1H3,(H,26,30). The van der Waals surface area contributed by atoms with E-state index in [2.05, 4.69) is 15.6 Å². The Morgan fingerprint density at radius 1 is 1.03 bits per heavy atom. The molecule has 11 heteroatoms. The fourth-order valence-corrected chi connectivity index (χ4v) is 3.10. The molecule has 35 heavy (non-hydrogen) atoms. The van der Waals surface area contributed by atoms with Gasteiger partial charge in [-0.3, -0.25) is 9.59 Å². The number of benzene rings is 3. The van der Waals surface area contributed by atoms with Crippen LogP contribution in [-0.4, -0.2) is 40.6 Å². The Balaban J connectivity index is 1.38. The molecule has 178 valence electrons. The molecule has 1 N–H and O–H groups in total. The van der Waals surface area contributed by atoms with Crippen molar-refractivity contribution in [1.29, 1.82) is 0 Å². The summed E-state index contributed by atoms with van der Waals surface area (Å²) in [5.41, 5.74) is 0.544. The Hall–Kier alpha value is -4.80. The van der Waals surface area contributed by atoms with E-state index < -0.39 is 30.0 Å². The molecule has 0 saturated carbocycles. The number of amides is 1. The number of carbonyl (C=O) groups excluding carboxylic acids is 2. The fraction of sp³-hybridized carbons (Fsp3) is 0.125. The van der Waals surface area contributed by atoms with E-state index >= 15 is 0 Å².